The molecule has 43 heavy (non-hydrogen) atoms. The molecule has 0 saturated carbocycles. The van der Waals surface area contributed by atoms with E-state index in [1.54, 1.807) is 11.8 Å². The number of likely N-dealkylation sites (tertiary alicyclic amines) is 1. The highest BCUT2D eigenvalue weighted by molar-refractivity contribution is 5.95. The lowest BCUT2D eigenvalue weighted by Gasteiger charge is -2.31. The minimum Gasteiger partial charge on any atom is -0.476 e. The lowest BCUT2D eigenvalue weighted by Crippen LogP contribution is -2.51. The number of hydrogen-bond donors (Lipinski definition) is 4. The van der Waals surface area contributed by atoms with Crippen LogP contribution in [0.25, 0.3) is 0 Å². The number of nitrogens with one attached hydrogen (secondary N) is 3. The van der Waals surface area contributed by atoms with Crippen molar-refractivity contribution < 1.29 is 23.9 Å². The van der Waals surface area contributed by atoms with E-state index >= 15 is 0 Å². The van der Waals surface area contributed by atoms with Crippen LogP contribution in [0.15, 0.2) is 89.9 Å². The van der Waals surface area contributed by atoms with Gasteiger partial charge in [0.25, 0.3) is 5.91 Å². The van der Waals surface area contributed by atoms with E-state index < -0.39 is 12.1 Å². The van der Waals surface area contributed by atoms with Gasteiger partial charge in [0.2, 0.25) is 6.10 Å². The molecule has 3 aromatic carbocycles. The fourth-order valence-corrected chi connectivity index (χ4v) is 4.63. The molecule has 5 N–H and O–H groups in total. The van der Waals surface area contributed by atoms with Gasteiger partial charge in [0.15, 0.2) is 5.96 Å². The Kier molecular flexibility index (Phi) is 11.4. The van der Waals surface area contributed by atoms with Crippen LogP contribution in [0, 0.1) is 0 Å². The van der Waals surface area contributed by atoms with Gasteiger partial charge in [-0.1, -0.05) is 72.8 Å². The number of carbonyl (C=O) groups excluding carboxylic acids is 3. The molecule has 1 atom stereocenters. The molecular formula is C32H38N6O5. The maximum Gasteiger partial charge on any atom is 0.409 e. The van der Waals surface area contributed by atoms with Crippen LogP contribution in [0.3, 0.4) is 0 Å². The van der Waals surface area contributed by atoms with Crippen LogP contribution >= 0.6 is 0 Å². The Labute approximate surface area is 251 Å². The monoisotopic (exact) mass is 586 g/mol. The molecule has 1 aliphatic heterocycles. The molecule has 226 valence electrons. The molecule has 1 saturated heterocycles. The Hall–Kier alpha value is -5.06. The van der Waals surface area contributed by atoms with Gasteiger partial charge < -0.3 is 30.7 Å². The van der Waals surface area contributed by atoms with Crippen molar-refractivity contribution >= 4 is 24.0 Å². The first-order valence-corrected chi connectivity index (χ1v) is 14.3. The SMILES string of the molecule is CCOC(=O)N1CCC(NC(=O)NC(N)=NCc2cccc(CNC(=O)C(Oc3ccccc3)c3ccccc3)c2)CC1. The first kappa shape index (κ1) is 30.9. The number of amides is 4. The first-order valence-electron chi connectivity index (χ1n) is 14.3. The number of benzene rings is 3. The van der Waals surface area contributed by atoms with Gasteiger partial charge in [-0.2, -0.15) is 0 Å². The zero-order valence-electron chi connectivity index (χ0n) is 24.2. The van der Waals surface area contributed by atoms with Crippen LogP contribution in [-0.4, -0.2) is 54.6 Å². The molecule has 11 nitrogen and oxygen atoms in total. The predicted octanol–water partition coefficient (Wildman–Crippen LogP) is 3.86. The van der Waals surface area contributed by atoms with Gasteiger partial charge in [0.05, 0.1) is 13.2 Å². The van der Waals surface area contributed by atoms with Gasteiger partial charge in [-0.3, -0.25) is 10.1 Å². The van der Waals surface area contributed by atoms with Gasteiger partial charge >= 0.3 is 12.1 Å². The second-order valence-electron chi connectivity index (χ2n) is 10.0. The second-order valence-corrected chi connectivity index (χ2v) is 10.0. The number of urea groups is 1. The van der Waals surface area contributed by atoms with E-state index in [1.807, 2.05) is 84.9 Å². The lowest BCUT2D eigenvalue weighted by molar-refractivity contribution is -0.128. The Balaban J connectivity index is 1.26. The molecule has 0 bridgehead atoms. The molecule has 1 heterocycles. The van der Waals surface area contributed by atoms with E-state index in [2.05, 4.69) is 20.9 Å². The highest BCUT2D eigenvalue weighted by Gasteiger charge is 2.25. The van der Waals surface area contributed by atoms with Gasteiger partial charge in [-0.25, -0.2) is 14.6 Å². The summed E-state index contributed by atoms with van der Waals surface area (Å²) in [5.41, 5.74) is 8.44. The smallest absolute Gasteiger partial charge is 0.409 e. The number of carbonyl (C=O) groups is 3. The maximum absolute atomic E-state index is 13.2. The third kappa shape index (κ3) is 9.77. The van der Waals surface area contributed by atoms with Crippen molar-refractivity contribution in [2.45, 2.75) is 45.0 Å². The van der Waals surface area contributed by atoms with Gasteiger partial charge in [-0.15, -0.1) is 0 Å². The molecule has 0 spiro atoms. The zero-order valence-corrected chi connectivity index (χ0v) is 24.2. The fraction of sp³-hybridized carbons (Fsp3) is 0.312. The number of rotatable bonds is 10. The summed E-state index contributed by atoms with van der Waals surface area (Å²) < 4.78 is 11.1. The van der Waals surface area contributed by atoms with Crippen LogP contribution in [0.4, 0.5) is 9.59 Å². The minimum absolute atomic E-state index is 0.0103. The largest absolute Gasteiger partial charge is 0.476 e. The molecule has 4 rings (SSSR count). The van der Waals surface area contributed by atoms with Crippen molar-refractivity contribution in [3.05, 3.63) is 102 Å². The Bertz CT molecular complexity index is 1380. The van der Waals surface area contributed by atoms with E-state index in [1.165, 1.54) is 0 Å². The average Bonchev–Trinajstić information content (AvgIpc) is 3.03. The predicted molar refractivity (Wildman–Crippen MR) is 163 cm³/mol. The molecule has 11 heteroatoms. The third-order valence-corrected chi connectivity index (χ3v) is 6.83. The summed E-state index contributed by atoms with van der Waals surface area (Å²) in [6.45, 7) is 3.66. The van der Waals surface area contributed by atoms with E-state index in [-0.39, 0.29) is 30.5 Å². The maximum atomic E-state index is 13.2. The zero-order chi connectivity index (χ0) is 30.4. The van der Waals surface area contributed by atoms with Gasteiger partial charge in [0.1, 0.15) is 5.75 Å². The molecule has 3 aromatic rings. The summed E-state index contributed by atoms with van der Waals surface area (Å²) in [5, 5.41) is 8.40. The standard InChI is InChI=1S/C32H38N6O5/c1-2-42-32(41)38-18-16-26(17-19-38)36-31(40)37-30(33)35-22-24-11-9-10-23(20-24)21-34-29(39)28(25-12-5-3-6-13-25)43-27-14-7-4-8-15-27/h3-15,20,26,28H,2,16-19,21-22H2,1H3,(H,34,39)(H4,33,35,36,37,40). The average molecular weight is 587 g/mol. The minimum atomic E-state index is -0.807. The number of aliphatic imine (C=N–C) groups is 1. The topological polar surface area (TPSA) is 147 Å². The lowest BCUT2D eigenvalue weighted by atomic mass is 10.1. The summed E-state index contributed by atoms with van der Waals surface area (Å²) in [6.07, 6.45) is 0.106. The van der Waals surface area contributed by atoms with Crippen LogP contribution in [0.2, 0.25) is 0 Å². The van der Waals surface area contributed by atoms with Crippen molar-refractivity contribution in [1.29, 1.82) is 0 Å². The Morgan fingerprint density at radius 1 is 0.953 bits per heavy atom. The Morgan fingerprint density at radius 3 is 2.33 bits per heavy atom. The van der Waals surface area contributed by atoms with Crippen LogP contribution < -0.4 is 26.4 Å². The van der Waals surface area contributed by atoms with Crippen LogP contribution in [-0.2, 0) is 22.6 Å². The highest BCUT2D eigenvalue weighted by atomic mass is 16.6. The highest BCUT2D eigenvalue weighted by Crippen LogP contribution is 2.22. The second kappa shape index (κ2) is 15.8. The molecule has 1 aliphatic rings. The number of para-hydroxylation sites is 1. The summed E-state index contributed by atoms with van der Waals surface area (Å²) in [5.74, 6) is 0.332. The quantitative estimate of drug-likeness (QED) is 0.210. The normalized spacial score (nSPS) is 14.3. The molecule has 0 aliphatic carbocycles. The molecule has 1 fully saturated rings. The van der Waals surface area contributed by atoms with E-state index in [0.29, 0.717) is 44.8 Å². The fourth-order valence-electron chi connectivity index (χ4n) is 4.63. The number of nitrogens with two attached hydrogens (primary N) is 1. The molecule has 0 aromatic heterocycles. The van der Waals surface area contributed by atoms with Crippen molar-refractivity contribution in [1.82, 2.24) is 20.9 Å². The summed E-state index contributed by atoms with van der Waals surface area (Å²) >= 11 is 0. The summed E-state index contributed by atoms with van der Waals surface area (Å²) in [4.78, 5) is 43.3. The Morgan fingerprint density at radius 2 is 1.63 bits per heavy atom. The van der Waals surface area contributed by atoms with E-state index in [0.717, 1.165) is 16.7 Å². The van der Waals surface area contributed by atoms with Crippen molar-refractivity contribution in [3.63, 3.8) is 0 Å². The van der Waals surface area contributed by atoms with Crippen LogP contribution in [0.5, 0.6) is 5.75 Å². The molecule has 0 radical (unpaired) electrons. The third-order valence-electron chi connectivity index (χ3n) is 6.83. The van der Waals surface area contributed by atoms with Crippen molar-refractivity contribution in [2.24, 2.45) is 10.7 Å². The molecule has 1 unspecified atom stereocenters. The number of hydrogen-bond acceptors (Lipinski definition) is 6. The number of nitrogens with zero attached hydrogens (tertiary/aromatic N) is 2. The van der Waals surface area contributed by atoms with Crippen LogP contribution in [0.1, 0.15) is 42.6 Å². The van der Waals surface area contributed by atoms with Gasteiger partial charge in [0, 0.05) is 31.2 Å². The van der Waals surface area contributed by atoms with Crippen molar-refractivity contribution in [3.8, 4) is 5.75 Å². The number of piperidine rings is 1. The van der Waals surface area contributed by atoms with E-state index in [4.69, 9.17) is 15.2 Å². The summed E-state index contributed by atoms with van der Waals surface area (Å²) in [7, 11) is 0. The molecular weight excluding hydrogens is 548 g/mol. The first-order chi connectivity index (χ1) is 20.9. The number of ether oxygens (including phenoxy) is 2. The van der Waals surface area contributed by atoms with Gasteiger partial charge in [-0.05, 0) is 43.0 Å². The summed E-state index contributed by atoms with van der Waals surface area (Å²) in [6, 6.07) is 25.7. The van der Waals surface area contributed by atoms with E-state index in [9.17, 15) is 14.4 Å². The number of guanidine groups is 1. The van der Waals surface area contributed by atoms with Crippen molar-refractivity contribution in [2.75, 3.05) is 19.7 Å². The molecule has 4 amide bonds.